The second kappa shape index (κ2) is 5.30. The monoisotopic (exact) mass is 284 g/mol. The first-order valence-electron chi connectivity index (χ1n) is 6.17. The van der Waals surface area contributed by atoms with Crippen molar-refractivity contribution >= 4 is 32.8 Å². The minimum Gasteiger partial charge on any atom is -0.380 e. The van der Waals surface area contributed by atoms with Gasteiger partial charge >= 0.3 is 5.00 Å². The van der Waals surface area contributed by atoms with Gasteiger partial charge in [-0.1, -0.05) is 47.7 Å². The minimum atomic E-state index is -0.355. The number of anilines is 1. The van der Waals surface area contributed by atoms with Crippen molar-refractivity contribution in [1.82, 2.24) is 0 Å². The fraction of sp³-hybridized carbons (Fsp3) is 0.0667. The summed E-state index contributed by atoms with van der Waals surface area (Å²) in [5, 5.41) is 18.3. The topological polar surface area (TPSA) is 55.2 Å². The number of benzene rings is 2. The summed E-state index contributed by atoms with van der Waals surface area (Å²) in [4.78, 5) is 10.3. The highest BCUT2D eigenvalue weighted by Crippen LogP contribution is 2.26. The highest BCUT2D eigenvalue weighted by Gasteiger charge is 2.09. The molecule has 0 aliphatic rings. The number of hydrogen-bond acceptors (Lipinski definition) is 4. The number of fused-ring (bicyclic) bond motifs is 1. The van der Waals surface area contributed by atoms with Crippen molar-refractivity contribution in [3.05, 3.63) is 69.6 Å². The predicted molar refractivity (Wildman–Crippen MR) is 82.2 cm³/mol. The van der Waals surface area contributed by atoms with Crippen molar-refractivity contribution in [2.75, 3.05) is 5.32 Å². The highest BCUT2D eigenvalue weighted by atomic mass is 32.1. The molecule has 20 heavy (non-hydrogen) atoms. The maximum Gasteiger partial charge on any atom is 0.324 e. The standard InChI is InChI=1S/C15H12N2O2S/c18-17(19)15-8-11(10-20-15)9-16-14-7-3-5-12-4-1-2-6-13(12)14/h1-8,10,16H,9H2. The summed E-state index contributed by atoms with van der Waals surface area (Å²) in [5.41, 5.74) is 1.96. The minimum absolute atomic E-state index is 0.180. The fourth-order valence-corrected chi connectivity index (χ4v) is 2.86. The molecule has 0 aliphatic carbocycles. The molecule has 0 atom stereocenters. The molecule has 1 aromatic heterocycles. The summed E-state index contributed by atoms with van der Waals surface area (Å²) in [6.07, 6.45) is 0. The summed E-state index contributed by atoms with van der Waals surface area (Å²) in [7, 11) is 0. The highest BCUT2D eigenvalue weighted by molar-refractivity contribution is 7.13. The maximum atomic E-state index is 10.7. The lowest BCUT2D eigenvalue weighted by atomic mass is 10.1. The summed E-state index contributed by atoms with van der Waals surface area (Å²) in [6.45, 7) is 0.582. The van der Waals surface area contributed by atoms with Gasteiger partial charge in [0.15, 0.2) is 0 Å². The Morgan fingerprint density at radius 1 is 1.15 bits per heavy atom. The average molecular weight is 284 g/mol. The van der Waals surface area contributed by atoms with Gasteiger partial charge in [0.2, 0.25) is 0 Å². The summed E-state index contributed by atoms with van der Waals surface area (Å²) < 4.78 is 0. The van der Waals surface area contributed by atoms with Crippen molar-refractivity contribution < 1.29 is 4.92 Å². The van der Waals surface area contributed by atoms with Crippen LogP contribution in [0.2, 0.25) is 0 Å². The van der Waals surface area contributed by atoms with Gasteiger partial charge < -0.3 is 5.32 Å². The number of nitrogens with zero attached hydrogens (tertiary/aromatic N) is 1. The van der Waals surface area contributed by atoms with E-state index in [1.54, 1.807) is 6.07 Å². The van der Waals surface area contributed by atoms with Gasteiger partial charge in [0.05, 0.1) is 4.92 Å². The third kappa shape index (κ3) is 2.48. The van der Waals surface area contributed by atoms with Crippen LogP contribution in [0, 0.1) is 10.1 Å². The van der Waals surface area contributed by atoms with Crippen LogP contribution in [0.15, 0.2) is 53.9 Å². The van der Waals surface area contributed by atoms with Gasteiger partial charge in [-0.15, -0.1) is 0 Å². The zero-order valence-corrected chi connectivity index (χ0v) is 11.4. The van der Waals surface area contributed by atoms with Crippen LogP contribution in [0.1, 0.15) is 5.56 Å². The zero-order valence-electron chi connectivity index (χ0n) is 10.6. The number of thiophene rings is 1. The van der Waals surface area contributed by atoms with Crippen molar-refractivity contribution in [1.29, 1.82) is 0 Å². The molecule has 5 heteroatoms. The lowest BCUT2D eigenvalue weighted by Gasteiger charge is -2.08. The van der Waals surface area contributed by atoms with Gasteiger partial charge in [0.1, 0.15) is 0 Å². The average Bonchev–Trinajstić information content (AvgIpc) is 2.94. The second-order valence-electron chi connectivity index (χ2n) is 4.43. The smallest absolute Gasteiger partial charge is 0.324 e. The first-order chi connectivity index (χ1) is 9.74. The van der Waals surface area contributed by atoms with Crippen molar-refractivity contribution in [3.8, 4) is 0 Å². The van der Waals surface area contributed by atoms with Crippen LogP contribution in [-0.2, 0) is 6.54 Å². The predicted octanol–water partition coefficient (Wildman–Crippen LogP) is 4.42. The first kappa shape index (κ1) is 12.6. The first-order valence-corrected chi connectivity index (χ1v) is 7.05. The van der Waals surface area contributed by atoms with Crippen molar-refractivity contribution in [2.24, 2.45) is 0 Å². The van der Waals surface area contributed by atoms with Gasteiger partial charge in [-0.25, -0.2) is 0 Å². The molecule has 0 amide bonds. The Balaban J connectivity index is 1.81. The number of nitrogens with one attached hydrogen (secondary N) is 1. The van der Waals surface area contributed by atoms with Crippen molar-refractivity contribution in [2.45, 2.75) is 6.54 Å². The van der Waals surface area contributed by atoms with Crippen LogP contribution in [0.4, 0.5) is 10.7 Å². The van der Waals surface area contributed by atoms with Crippen LogP contribution < -0.4 is 5.32 Å². The van der Waals surface area contributed by atoms with E-state index < -0.39 is 0 Å². The Labute approximate surface area is 119 Å². The van der Waals surface area contributed by atoms with E-state index in [1.807, 2.05) is 29.6 Å². The zero-order chi connectivity index (χ0) is 13.9. The van der Waals surface area contributed by atoms with Crippen LogP contribution in [0.5, 0.6) is 0 Å². The quantitative estimate of drug-likeness (QED) is 0.570. The molecular weight excluding hydrogens is 272 g/mol. The Morgan fingerprint density at radius 3 is 2.75 bits per heavy atom. The molecule has 1 N–H and O–H groups in total. The Morgan fingerprint density at radius 2 is 1.95 bits per heavy atom. The van der Waals surface area contributed by atoms with Gasteiger partial charge in [0, 0.05) is 29.1 Å². The summed E-state index contributed by atoms with van der Waals surface area (Å²) >= 11 is 1.16. The van der Waals surface area contributed by atoms with Gasteiger partial charge in [0.25, 0.3) is 0 Å². The largest absolute Gasteiger partial charge is 0.380 e. The van der Waals surface area contributed by atoms with Gasteiger partial charge in [-0.3, -0.25) is 10.1 Å². The Kier molecular flexibility index (Phi) is 3.35. The van der Waals surface area contributed by atoms with E-state index in [-0.39, 0.29) is 9.92 Å². The molecule has 0 saturated carbocycles. The molecule has 0 aliphatic heterocycles. The molecule has 0 bridgehead atoms. The SMILES string of the molecule is O=[N+]([O-])c1cc(CNc2cccc3ccccc23)cs1. The van der Waals surface area contributed by atoms with Crippen molar-refractivity contribution in [3.63, 3.8) is 0 Å². The molecule has 2 aromatic carbocycles. The lowest BCUT2D eigenvalue weighted by Crippen LogP contribution is -1.98. The van der Waals surface area contributed by atoms with E-state index in [0.29, 0.717) is 6.54 Å². The normalized spacial score (nSPS) is 10.6. The number of rotatable bonds is 4. The van der Waals surface area contributed by atoms with E-state index in [9.17, 15) is 10.1 Å². The third-order valence-corrected chi connectivity index (χ3v) is 4.02. The number of hydrogen-bond donors (Lipinski definition) is 1. The molecule has 3 aromatic rings. The molecule has 0 saturated heterocycles. The Bertz CT molecular complexity index is 762. The molecule has 0 spiro atoms. The van der Waals surface area contributed by atoms with E-state index in [0.717, 1.165) is 28.0 Å². The van der Waals surface area contributed by atoms with Crippen LogP contribution in [0.3, 0.4) is 0 Å². The molecule has 0 unspecified atom stereocenters. The molecule has 100 valence electrons. The van der Waals surface area contributed by atoms with E-state index in [4.69, 9.17) is 0 Å². The molecular formula is C15H12N2O2S. The van der Waals surface area contributed by atoms with Gasteiger partial charge in [-0.2, -0.15) is 0 Å². The second-order valence-corrected chi connectivity index (χ2v) is 5.32. The third-order valence-electron chi connectivity index (χ3n) is 3.09. The van der Waals surface area contributed by atoms with Crippen LogP contribution in [-0.4, -0.2) is 4.92 Å². The van der Waals surface area contributed by atoms with Crippen LogP contribution in [0.25, 0.3) is 10.8 Å². The van der Waals surface area contributed by atoms with E-state index >= 15 is 0 Å². The molecule has 4 nitrogen and oxygen atoms in total. The Hall–Kier alpha value is -2.40. The van der Waals surface area contributed by atoms with Crippen LogP contribution >= 0.6 is 11.3 Å². The summed E-state index contributed by atoms with van der Waals surface area (Å²) in [6, 6.07) is 15.8. The van der Waals surface area contributed by atoms with E-state index in [1.165, 1.54) is 5.39 Å². The molecule has 0 radical (unpaired) electrons. The fourth-order valence-electron chi connectivity index (χ4n) is 2.13. The maximum absolute atomic E-state index is 10.7. The summed E-state index contributed by atoms with van der Waals surface area (Å²) in [5.74, 6) is 0. The lowest BCUT2D eigenvalue weighted by molar-refractivity contribution is -0.380. The molecule has 0 fully saturated rings. The van der Waals surface area contributed by atoms with E-state index in [2.05, 4.69) is 23.5 Å². The van der Waals surface area contributed by atoms with Gasteiger partial charge in [-0.05, 0) is 17.0 Å². The number of nitro groups is 1. The molecule has 3 rings (SSSR count). The molecule has 1 heterocycles.